The number of hydrogen-bond acceptors (Lipinski definition) is 3. The van der Waals surface area contributed by atoms with Gasteiger partial charge < -0.3 is 0 Å². The van der Waals surface area contributed by atoms with Crippen LogP contribution in [0.1, 0.15) is 11.1 Å². The van der Waals surface area contributed by atoms with E-state index in [0.29, 0.717) is 20.5 Å². The van der Waals surface area contributed by atoms with Crippen molar-refractivity contribution in [2.45, 2.75) is 6.54 Å². The van der Waals surface area contributed by atoms with E-state index in [2.05, 4.69) is 15.9 Å². The molecule has 122 valence electrons. The number of carbonyl (C=O) groups is 2. The van der Waals surface area contributed by atoms with E-state index in [1.807, 2.05) is 24.3 Å². The fourth-order valence-electron chi connectivity index (χ4n) is 2.23. The first-order valence-electron chi connectivity index (χ1n) is 6.89. The maximum absolute atomic E-state index is 12.6. The summed E-state index contributed by atoms with van der Waals surface area (Å²) in [6.07, 6.45) is 1.70. The number of rotatable bonds is 3. The lowest BCUT2D eigenvalue weighted by Gasteiger charge is -2.14. The van der Waals surface area contributed by atoms with Crippen molar-refractivity contribution in [2.24, 2.45) is 0 Å². The molecule has 0 unspecified atom stereocenters. The molecule has 0 spiro atoms. The molecule has 3 nitrogen and oxygen atoms in total. The van der Waals surface area contributed by atoms with Crippen LogP contribution >= 0.6 is 50.9 Å². The van der Waals surface area contributed by atoms with Gasteiger partial charge in [0.1, 0.15) is 0 Å². The van der Waals surface area contributed by atoms with Crippen LogP contribution in [0.15, 0.2) is 51.8 Å². The van der Waals surface area contributed by atoms with Crippen LogP contribution < -0.4 is 0 Å². The van der Waals surface area contributed by atoms with Gasteiger partial charge in [-0.3, -0.25) is 14.5 Å². The molecule has 24 heavy (non-hydrogen) atoms. The summed E-state index contributed by atoms with van der Waals surface area (Å²) in [6, 6.07) is 12.6. The summed E-state index contributed by atoms with van der Waals surface area (Å²) < 4.78 is 0.901. The van der Waals surface area contributed by atoms with Gasteiger partial charge in [-0.1, -0.05) is 57.3 Å². The number of hydrogen-bond donors (Lipinski definition) is 0. The van der Waals surface area contributed by atoms with Crippen LogP contribution in [0.3, 0.4) is 0 Å². The normalized spacial score (nSPS) is 16.3. The van der Waals surface area contributed by atoms with Crippen LogP contribution in [0.2, 0.25) is 10.0 Å². The third-order valence-electron chi connectivity index (χ3n) is 3.40. The fourth-order valence-corrected chi connectivity index (χ4v) is 4.00. The number of halogens is 3. The molecule has 0 aromatic heterocycles. The van der Waals surface area contributed by atoms with Crippen molar-refractivity contribution in [1.29, 1.82) is 0 Å². The maximum Gasteiger partial charge on any atom is 0.293 e. The summed E-state index contributed by atoms with van der Waals surface area (Å²) in [5, 5.41) is 0.521. The molecule has 2 amide bonds. The van der Waals surface area contributed by atoms with Crippen LogP contribution in [0.4, 0.5) is 4.79 Å². The summed E-state index contributed by atoms with van der Waals surface area (Å²) in [7, 11) is 0. The van der Waals surface area contributed by atoms with Gasteiger partial charge in [-0.25, -0.2) is 0 Å². The summed E-state index contributed by atoms with van der Waals surface area (Å²) in [5.41, 5.74) is 1.40. The fraction of sp³-hybridized carbons (Fsp3) is 0.0588. The van der Waals surface area contributed by atoms with Crippen LogP contribution in [0, 0.1) is 0 Å². The largest absolute Gasteiger partial charge is 0.293 e. The summed E-state index contributed by atoms with van der Waals surface area (Å²) in [4.78, 5) is 26.3. The maximum atomic E-state index is 12.6. The molecule has 1 fully saturated rings. The molecule has 0 saturated carbocycles. The SMILES string of the molecule is O=C1S/C(=C/c2cccc(Br)c2)C(=O)N1Cc1c(Cl)cccc1Cl. The summed E-state index contributed by atoms with van der Waals surface area (Å²) in [5.74, 6) is -0.346. The van der Waals surface area contributed by atoms with Crippen molar-refractivity contribution in [3.8, 4) is 0 Å². The molecule has 0 radical (unpaired) electrons. The van der Waals surface area contributed by atoms with Gasteiger partial charge in [-0.05, 0) is 47.7 Å². The summed E-state index contributed by atoms with van der Waals surface area (Å²) >= 11 is 16.5. The number of carbonyl (C=O) groups excluding carboxylic acids is 2. The van der Waals surface area contributed by atoms with Gasteiger partial charge in [0.25, 0.3) is 11.1 Å². The Hall–Kier alpha value is -1.27. The van der Waals surface area contributed by atoms with Crippen LogP contribution in [-0.4, -0.2) is 16.0 Å². The first-order valence-corrected chi connectivity index (χ1v) is 9.26. The van der Waals surface area contributed by atoms with Crippen molar-refractivity contribution in [1.82, 2.24) is 4.90 Å². The quantitative estimate of drug-likeness (QED) is 0.547. The Morgan fingerprint density at radius 3 is 2.42 bits per heavy atom. The lowest BCUT2D eigenvalue weighted by Crippen LogP contribution is -2.27. The van der Waals surface area contributed by atoms with Gasteiger partial charge in [-0.2, -0.15) is 0 Å². The molecule has 0 aliphatic carbocycles. The molecular weight excluding hydrogens is 433 g/mol. The first-order chi connectivity index (χ1) is 11.5. The summed E-state index contributed by atoms with van der Waals surface area (Å²) in [6.45, 7) is 0.0546. The third kappa shape index (κ3) is 3.70. The van der Waals surface area contributed by atoms with Gasteiger partial charge in [-0.15, -0.1) is 0 Å². The van der Waals surface area contributed by atoms with E-state index in [-0.39, 0.29) is 17.7 Å². The zero-order chi connectivity index (χ0) is 17.3. The van der Waals surface area contributed by atoms with E-state index >= 15 is 0 Å². The molecule has 0 N–H and O–H groups in total. The van der Waals surface area contributed by atoms with E-state index in [1.165, 1.54) is 0 Å². The zero-order valence-electron chi connectivity index (χ0n) is 12.1. The molecule has 1 aliphatic heterocycles. The molecule has 3 rings (SSSR count). The Balaban J connectivity index is 1.87. The van der Waals surface area contributed by atoms with E-state index < -0.39 is 0 Å². The Morgan fingerprint density at radius 2 is 1.75 bits per heavy atom. The smallest absolute Gasteiger partial charge is 0.268 e. The average molecular weight is 443 g/mol. The van der Waals surface area contributed by atoms with Crippen LogP contribution in [-0.2, 0) is 11.3 Å². The van der Waals surface area contributed by atoms with Gasteiger partial charge in [0, 0.05) is 20.1 Å². The van der Waals surface area contributed by atoms with E-state index in [0.717, 1.165) is 26.7 Å². The van der Waals surface area contributed by atoms with E-state index in [1.54, 1.807) is 24.3 Å². The predicted molar refractivity (Wildman–Crippen MR) is 102 cm³/mol. The lowest BCUT2D eigenvalue weighted by atomic mass is 10.2. The van der Waals surface area contributed by atoms with Crippen molar-refractivity contribution >= 4 is 68.1 Å². The second-order valence-electron chi connectivity index (χ2n) is 5.02. The van der Waals surface area contributed by atoms with Crippen molar-refractivity contribution < 1.29 is 9.59 Å². The van der Waals surface area contributed by atoms with Crippen LogP contribution in [0.5, 0.6) is 0 Å². The molecule has 0 atom stereocenters. The number of amides is 2. The van der Waals surface area contributed by atoms with E-state index in [4.69, 9.17) is 23.2 Å². The van der Waals surface area contributed by atoms with Gasteiger partial charge in [0.05, 0.1) is 11.4 Å². The van der Waals surface area contributed by atoms with Gasteiger partial charge in [0.2, 0.25) is 0 Å². The van der Waals surface area contributed by atoms with Crippen molar-refractivity contribution in [2.75, 3.05) is 0 Å². The molecular formula is C17H10BrCl2NO2S. The monoisotopic (exact) mass is 441 g/mol. The van der Waals surface area contributed by atoms with Crippen molar-refractivity contribution in [3.63, 3.8) is 0 Å². The second kappa shape index (κ2) is 7.31. The molecule has 1 aliphatic rings. The van der Waals surface area contributed by atoms with Crippen molar-refractivity contribution in [3.05, 3.63) is 73.0 Å². The molecule has 2 aromatic carbocycles. The topological polar surface area (TPSA) is 37.4 Å². The van der Waals surface area contributed by atoms with Gasteiger partial charge >= 0.3 is 0 Å². The Labute approximate surface area is 161 Å². The highest BCUT2D eigenvalue weighted by atomic mass is 79.9. The predicted octanol–water partition coefficient (Wildman–Crippen LogP) is 5.99. The highest BCUT2D eigenvalue weighted by Crippen LogP contribution is 2.35. The number of imide groups is 1. The number of thioether (sulfide) groups is 1. The molecule has 2 aromatic rings. The lowest BCUT2D eigenvalue weighted by molar-refractivity contribution is -0.123. The van der Waals surface area contributed by atoms with Gasteiger partial charge in [0.15, 0.2) is 0 Å². The first kappa shape index (κ1) is 17.5. The average Bonchev–Trinajstić information content (AvgIpc) is 2.78. The number of nitrogens with zero attached hydrogens (tertiary/aromatic N) is 1. The third-order valence-corrected chi connectivity index (χ3v) is 5.51. The highest BCUT2D eigenvalue weighted by molar-refractivity contribution is 9.10. The minimum atomic E-state index is -0.346. The number of benzene rings is 2. The Kier molecular flexibility index (Phi) is 5.35. The Bertz CT molecular complexity index is 849. The Morgan fingerprint density at radius 1 is 1.08 bits per heavy atom. The van der Waals surface area contributed by atoms with E-state index in [9.17, 15) is 9.59 Å². The standard InChI is InChI=1S/C17H10BrCl2NO2S/c18-11-4-1-3-10(7-11)8-15-16(22)21(17(23)24-15)9-12-13(19)5-2-6-14(12)20/h1-8H,9H2/b15-8+. The zero-order valence-corrected chi connectivity index (χ0v) is 16.0. The second-order valence-corrected chi connectivity index (χ2v) is 7.75. The minimum absolute atomic E-state index is 0.0546. The minimum Gasteiger partial charge on any atom is -0.268 e. The molecule has 0 bridgehead atoms. The molecule has 1 heterocycles. The molecule has 1 saturated heterocycles. The molecule has 7 heteroatoms. The highest BCUT2D eigenvalue weighted by Gasteiger charge is 2.35. The van der Waals surface area contributed by atoms with Crippen LogP contribution in [0.25, 0.3) is 6.08 Å².